The van der Waals surface area contributed by atoms with Gasteiger partial charge in [-0.25, -0.2) is 4.39 Å². The maximum absolute atomic E-state index is 13.5. The zero-order valence-electron chi connectivity index (χ0n) is 10.7. The van der Waals surface area contributed by atoms with Crippen LogP contribution < -0.4 is 9.47 Å². The first kappa shape index (κ1) is 14.8. The van der Waals surface area contributed by atoms with Gasteiger partial charge in [-0.05, 0) is 42.0 Å². The second kappa shape index (κ2) is 7.26. The van der Waals surface area contributed by atoms with E-state index in [4.69, 9.17) is 14.6 Å². The third-order valence-electron chi connectivity index (χ3n) is 2.60. The summed E-state index contributed by atoms with van der Waals surface area (Å²) in [4.78, 5) is 0. The fraction of sp³-hybridized carbons (Fsp3) is 0.200. The number of hydrogen-bond donors (Lipinski definition) is 1. The van der Waals surface area contributed by atoms with Gasteiger partial charge in [-0.2, -0.15) is 0 Å². The van der Waals surface area contributed by atoms with Crippen molar-refractivity contribution in [3.8, 4) is 11.5 Å². The minimum atomic E-state index is -0.486. The highest BCUT2D eigenvalue weighted by molar-refractivity contribution is 9.10. The number of ether oxygens (including phenoxy) is 2. The molecule has 2 rings (SSSR count). The molecule has 0 fully saturated rings. The van der Waals surface area contributed by atoms with Crippen LogP contribution >= 0.6 is 15.9 Å². The van der Waals surface area contributed by atoms with Crippen LogP contribution in [0.3, 0.4) is 0 Å². The van der Waals surface area contributed by atoms with Crippen LogP contribution in [-0.4, -0.2) is 18.3 Å². The van der Waals surface area contributed by atoms with Gasteiger partial charge in [0.15, 0.2) is 11.6 Å². The van der Waals surface area contributed by atoms with E-state index in [1.165, 1.54) is 12.1 Å². The van der Waals surface area contributed by atoms with E-state index < -0.39 is 5.82 Å². The van der Waals surface area contributed by atoms with Crippen LogP contribution in [0, 0.1) is 5.82 Å². The lowest BCUT2D eigenvalue weighted by Crippen LogP contribution is -2.09. The van der Waals surface area contributed by atoms with Crippen molar-refractivity contribution in [3.63, 3.8) is 0 Å². The number of hydrogen-bond acceptors (Lipinski definition) is 3. The standard InChI is InChI=1S/C15H14BrFO3/c16-12-2-4-13(5-3-12)19-7-8-20-15-6-1-11(10-18)9-14(15)17/h1-6,9,18H,7-8,10H2. The number of aliphatic hydroxyl groups is 1. The van der Waals surface area contributed by atoms with Gasteiger partial charge in [0.25, 0.3) is 0 Å². The van der Waals surface area contributed by atoms with Crippen LogP contribution in [0.4, 0.5) is 4.39 Å². The van der Waals surface area contributed by atoms with Crippen molar-refractivity contribution in [2.45, 2.75) is 6.61 Å². The summed E-state index contributed by atoms with van der Waals surface area (Å²) in [6.07, 6.45) is 0. The zero-order chi connectivity index (χ0) is 14.4. The highest BCUT2D eigenvalue weighted by Gasteiger charge is 2.04. The van der Waals surface area contributed by atoms with Crippen molar-refractivity contribution >= 4 is 15.9 Å². The molecule has 0 amide bonds. The smallest absolute Gasteiger partial charge is 0.165 e. The van der Waals surface area contributed by atoms with Gasteiger partial charge in [0.1, 0.15) is 19.0 Å². The first-order valence-electron chi connectivity index (χ1n) is 6.09. The summed E-state index contributed by atoms with van der Waals surface area (Å²) in [6.45, 7) is 0.373. The van der Waals surface area contributed by atoms with E-state index in [0.717, 1.165) is 10.2 Å². The molecule has 0 aromatic heterocycles. The Hall–Kier alpha value is -1.59. The van der Waals surface area contributed by atoms with E-state index in [0.29, 0.717) is 12.2 Å². The van der Waals surface area contributed by atoms with E-state index in [1.807, 2.05) is 24.3 Å². The second-order valence-corrected chi connectivity index (χ2v) is 4.99. The summed E-state index contributed by atoms with van der Waals surface area (Å²) in [6, 6.07) is 11.8. The quantitative estimate of drug-likeness (QED) is 0.817. The largest absolute Gasteiger partial charge is 0.490 e. The monoisotopic (exact) mass is 340 g/mol. The minimum Gasteiger partial charge on any atom is -0.490 e. The molecule has 0 atom stereocenters. The Morgan fingerprint density at radius 1 is 1.00 bits per heavy atom. The molecule has 0 aliphatic heterocycles. The highest BCUT2D eigenvalue weighted by atomic mass is 79.9. The third-order valence-corrected chi connectivity index (χ3v) is 3.13. The lowest BCUT2D eigenvalue weighted by Gasteiger charge is -2.09. The highest BCUT2D eigenvalue weighted by Crippen LogP contribution is 2.19. The molecule has 0 heterocycles. The predicted octanol–water partition coefficient (Wildman–Crippen LogP) is 3.54. The fourth-order valence-electron chi connectivity index (χ4n) is 1.60. The van der Waals surface area contributed by atoms with Gasteiger partial charge < -0.3 is 14.6 Å². The average Bonchev–Trinajstić information content (AvgIpc) is 2.46. The average molecular weight is 341 g/mol. The van der Waals surface area contributed by atoms with Crippen molar-refractivity contribution in [1.82, 2.24) is 0 Å². The molecule has 0 spiro atoms. The number of halogens is 2. The Labute approximate surface area is 125 Å². The maximum atomic E-state index is 13.5. The Balaban J connectivity index is 1.79. The van der Waals surface area contributed by atoms with Gasteiger partial charge in [-0.1, -0.05) is 22.0 Å². The van der Waals surface area contributed by atoms with E-state index >= 15 is 0 Å². The maximum Gasteiger partial charge on any atom is 0.165 e. The molecule has 0 bridgehead atoms. The van der Waals surface area contributed by atoms with Crippen molar-refractivity contribution in [3.05, 3.63) is 58.3 Å². The van der Waals surface area contributed by atoms with Crippen LogP contribution in [0.1, 0.15) is 5.56 Å². The van der Waals surface area contributed by atoms with Gasteiger partial charge in [0.2, 0.25) is 0 Å². The molecule has 2 aromatic rings. The molecule has 3 nitrogen and oxygen atoms in total. The molecule has 2 aromatic carbocycles. The summed E-state index contributed by atoms with van der Waals surface area (Å²) >= 11 is 3.34. The van der Waals surface area contributed by atoms with Crippen LogP contribution in [0.2, 0.25) is 0 Å². The summed E-state index contributed by atoms with van der Waals surface area (Å²) < 4.78 is 25.3. The number of rotatable bonds is 6. The van der Waals surface area contributed by atoms with Crippen molar-refractivity contribution in [1.29, 1.82) is 0 Å². The molecule has 0 aliphatic rings. The summed E-state index contributed by atoms with van der Waals surface area (Å²) in [5, 5.41) is 8.88. The first-order chi connectivity index (χ1) is 9.69. The predicted molar refractivity (Wildman–Crippen MR) is 77.5 cm³/mol. The Bertz CT molecular complexity index is 558. The number of benzene rings is 2. The van der Waals surface area contributed by atoms with E-state index in [2.05, 4.69) is 15.9 Å². The van der Waals surface area contributed by atoms with Gasteiger partial charge >= 0.3 is 0 Å². The molecule has 0 saturated carbocycles. The minimum absolute atomic E-state index is 0.154. The molecular formula is C15H14BrFO3. The van der Waals surface area contributed by atoms with Crippen LogP contribution in [0.15, 0.2) is 46.9 Å². The van der Waals surface area contributed by atoms with Gasteiger partial charge in [0, 0.05) is 4.47 Å². The zero-order valence-corrected chi connectivity index (χ0v) is 12.3. The lowest BCUT2D eigenvalue weighted by atomic mass is 10.2. The van der Waals surface area contributed by atoms with Crippen molar-refractivity contribution in [2.75, 3.05) is 13.2 Å². The molecule has 0 aliphatic carbocycles. The SMILES string of the molecule is OCc1ccc(OCCOc2ccc(Br)cc2)c(F)c1. The molecule has 106 valence electrons. The first-order valence-corrected chi connectivity index (χ1v) is 6.89. The van der Waals surface area contributed by atoms with E-state index in [9.17, 15) is 4.39 Å². The molecule has 20 heavy (non-hydrogen) atoms. The second-order valence-electron chi connectivity index (χ2n) is 4.07. The normalized spacial score (nSPS) is 10.3. The van der Waals surface area contributed by atoms with Crippen molar-refractivity contribution < 1.29 is 19.0 Å². The lowest BCUT2D eigenvalue weighted by molar-refractivity contribution is 0.211. The molecule has 0 saturated heterocycles. The Morgan fingerprint density at radius 2 is 1.70 bits per heavy atom. The molecule has 0 radical (unpaired) electrons. The fourth-order valence-corrected chi connectivity index (χ4v) is 1.87. The summed E-state index contributed by atoms with van der Waals surface area (Å²) in [5.41, 5.74) is 0.515. The van der Waals surface area contributed by atoms with E-state index in [1.54, 1.807) is 6.07 Å². The van der Waals surface area contributed by atoms with Crippen molar-refractivity contribution in [2.24, 2.45) is 0 Å². The van der Waals surface area contributed by atoms with Gasteiger partial charge in [-0.3, -0.25) is 0 Å². The van der Waals surface area contributed by atoms with Crippen LogP contribution in [-0.2, 0) is 6.61 Å². The number of aliphatic hydroxyl groups excluding tert-OH is 1. The third kappa shape index (κ3) is 4.21. The molecular weight excluding hydrogens is 327 g/mol. The molecule has 5 heteroatoms. The Kier molecular flexibility index (Phi) is 5.38. The van der Waals surface area contributed by atoms with Crippen LogP contribution in [0.5, 0.6) is 11.5 Å². The molecule has 0 unspecified atom stereocenters. The van der Waals surface area contributed by atoms with Crippen LogP contribution in [0.25, 0.3) is 0 Å². The Morgan fingerprint density at radius 3 is 2.35 bits per heavy atom. The van der Waals surface area contributed by atoms with Gasteiger partial charge in [0.05, 0.1) is 6.61 Å². The summed E-state index contributed by atoms with van der Waals surface area (Å²) in [7, 11) is 0. The summed E-state index contributed by atoms with van der Waals surface area (Å²) in [5.74, 6) is 0.398. The molecule has 1 N–H and O–H groups in total. The van der Waals surface area contributed by atoms with E-state index in [-0.39, 0.29) is 19.0 Å². The van der Waals surface area contributed by atoms with Gasteiger partial charge in [-0.15, -0.1) is 0 Å². The topological polar surface area (TPSA) is 38.7 Å².